The molecule has 2 aromatic rings. The number of nitrogens with two attached hydrogens (primary N) is 2. The summed E-state index contributed by atoms with van der Waals surface area (Å²) in [5.74, 6) is -3.44. The van der Waals surface area contributed by atoms with Crippen LogP contribution in [0.3, 0.4) is 0 Å². The van der Waals surface area contributed by atoms with Crippen molar-refractivity contribution < 1.29 is 24.0 Å². The molecule has 0 saturated carbocycles. The number of hydrogen-bond acceptors (Lipinski definition) is 5. The van der Waals surface area contributed by atoms with Crippen LogP contribution in [0.4, 0.5) is 0 Å². The number of benzene rings is 2. The van der Waals surface area contributed by atoms with Crippen molar-refractivity contribution in [3.05, 3.63) is 70.2 Å². The van der Waals surface area contributed by atoms with E-state index in [1.54, 1.807) is 36.4 Å². The highest BCUT2D eigenvalue weighted by Gasteiger charge is 2.43. The molecule has 1 unspecified atom stereocenters. The van der Waals surface area contributed by atoms with Crippen molar-refractivity contribution in [1.82, 2.24) is 10.2 Å². The number of nitrogens with one attached hydrogen (secondary N) is 1. The number of primary amides is 2. The first-order chi connectivity index (χ1) is 15.2. The zero-order valence-corrected chi connectivity index (χ0v) is 17.7. The third-order valence-corrected chi connectivity index (χ3v) is 5.45. The van der Waals surface area contributed by atoms with Crippen LogP contribution in [0.1, 0.15) is 51.6 Å². The van der Waals surface area contributed by atoms with Gasteiger partial charge in [0.1, 0.15) is 6.04 Å². The van der Waals surface area contributed by atoms with Crippen LogP contribution in [0.2, 0.25) is 5.02 Å². The molecule has 32 heavy (non-hydrogen) atoms. The van der Waals surface area contributed by atoms with Gasteiger partial charge in [-0.25, -0.2) is 0 Å². The molecule has 0 fully saturated rings. The molecule has 9 nitrogen and oxygen atoms in total. The van der Waals surface area contributed by atoms with E-state index >= 15 is 0 Å². The summed E-state index contributed by atoms with van der Waals surface area (Å²) < 4.78 is 0. The third kappa shape index (κ3) is 4.78. The lowest BCUT2D eigenvalue weighted by Crippen LogP contribution is -2.51. The zero-order valence-electron chi connectivity index (χ0n) is 16.9. The molecule has 10 heteroatoms. The first kappa shape index (κ1) is 23.0. The third-order valence-electron chi connectivity index (χ3n) is 5.11. The molecule has 3 rings (SSSR count). The Labute approximate surface area is 188 Å². The summed E-state index contributed by atoms with van der Waals surface area (Å²) in [5.41, 5.74) is 11.3. The second-order valence-corrected chi connectivity index (χ2v) is 7.71. The normalized spacial score (nSPS) is 14.6. The van der Waals surface area contributed by atoms with E-state index in [-0.39, 0.29) is 30.4 Å². The van der Waals surface area contributed by atoms with Crippen molar-refractivity contribution in [2.24, 2.45) is 11.5 Å². The van der Waals surface area contributed by atoms with Crippen LogP contribution < -0.4 is 16.8 Å². The molecular formula is C22H21ClN4O5. The van der Waals surface area contributed by atoms with Crippen LogP contribution in [0.15, 0.2) is 48.5 Å². The maximum atomic E-state index is 13.3. The number of fused-ring (bicyclic) bond motifs is 1. The number of nitrogens with zero attached hydrogens (tertiary/aromatic N) is 1. The molecule has 1 aliphatic rings. The minimum atomic E-state index is -1.33. The maximum Gasteiger partial charge on any atom is 0.262 e. The topological polar surface area (TPSA) is 153 Å². The molecule has 5 N–H and O–H groups in total. The van der Waals surface area contributed by atoms with Crippen molar-refractivity contribution >= 4 is 41.1 Å². The van der Waals surface area contributed by atoms with Crippen LogP contribution in [0.5, 0.6) is 0 Å². The molecule has 0 saturated heterocycles. The van der Waals surface area contributed by atoms with Crippen LogP contribution in [0.25, 0.3) is 0 Å². The highest BCUT2D eigenvalue weighted by atomic mass is 35.5. The van der Waals surface area contributed by atoms with Gasteiger partial charge in [0, 0.05) is 11.4 Å². The van der Waals surface area contributed by atoms with Gasteiger partial charge in [0.15, 0.2) is 0 Å². The number of rotatable bonds is 9. The lowest BCUT2D eigenvalue weighted by Gasteiger charge is -2.28. The second-order valence-electron chi connectivity index (χ2n) is 7.30. The fourth-order valence-electron chi connectivity index (χ4n) is 3.61. The number of hydrogen-bond donors (Lipinski definition) is 3. The number of carbonyl (C=O) groups is 5. The first-order valence-corrected chi connectivity index (χ1v) is 10.2. The van der Waals surface area contributed by atoms with Crippen molar-refractivity contribution in [3.8, 4) is 0 Å². The number of carbonyl (C=O) groups excluding carboxylic acids is 5. The van der Waals surface area contributed by atoms with E-state index in [9.17, 15) is 24.0 Å². The van der Waals surface area contributed by atoms with Crippen molar-refractivity contribution in [3.63, 3.8) is 0 Å². The first-order valence-electron chi connectivity index (χ1n) is 9.79. The van der Waals surface area contributed by atoms with E-state index in [1.165, 1.54) is 12.1 Å². The Morgan fingerprint density at radius 3 is 2.00 bits per heavy atom. The van der Waals surface area contributed by atoms with Gasteiger partial charge < -0.3 is 16.8 Å². The van der Waals surface area contributed by atoms with Gasteiger partial charge in [-0.3, -0.25) is 28.9 Å². The molecule has 1 heterocycles. The Bertz CT molecular complexity index is 1070. The Morgan fingerprint density at radius 1 is 0.906 bits per heavy atom. The van der Waals surface area contributed by atoms with Gasteiger partial charge in [0.05, 0.1) is 23.6 Å². The highest BCUT2D eigenvalue weighted by Crippen LogP contribution is 2.28. The molecule has 0 spiro atoms. The lowest BCUT2D eigenvalue weighted by molar-refractivity contribution is -0.126. The predicted molar refractivity (Wildman–Crippen MR) is 115 cm³/mol. The Balaban J connectivity index is 1.93. The van der Waals surface area contributed by atoms with Crippen LogP contribution in [0, 0.1) is 0 Å². The number of amides is 5. The van der Waals surface area contributed by atoms with Gasteiger partial charge in [0.25, 0.3) is 11.8 Å². The van der Waals surface area contributed by atoms with E-state index in [4.69, 9.17) is 23.1 Å². The van der Waals surface area contributed by atoms with Gasteiger partial charge in [-0.15, -0.1) is 0 Å². The highest BCUT2D eigenvalue weighted by molar-refractivity contribution is 6.31. The SMILES string of the molecule is NC(=O)CCC(C(=O)N[C@H](CC(N)=O)c1ccccc1Cl)N1C(=O)c2ccccc2C1=O. The summed E-state index contributed by atoms with van der Waals surface area (Å²) >= 11 is 6.22. The second kappa shape index (κ2) is 9.61. The van der Waals surface area contributed by atoms with Crippen LogP contribution in [-0.4, -0.2) is 40.5 Å². The fraction of sp³-hybridized carbons (Fsp3) is 0.227. The molecular weight excluding hydrogens is 436 g/mol. The smallest absolute Gasteiger partial charge is 0.262 e. The summed E-state index contributed by atoms with van der Waals surface area (Å²) in [6.45, 7) is 0. The van der Waals surface area contributed by atoms with Gasteiger partial charge in [-0.2, -0.15) is 0 Å². The summed E-state index contributed by atoms with van der Waals surface area (Å²) in [4.78, 5) is 62.9. The summed E-state index contributed by atoms with van der Waals surface area (Å²) in [6, 6.07) is 10.5. The van der Waals surface area contributed by atoms with Crippen molar-refractivity contribution in [2.75, 3.05) is 0 Å². The minimum absolute atomic E-state index is 0.161. The Hall–Kier alpha value is -3.72. The molecule has 5 amide bonds. The predicted octanol–water partition coefficient (Wildman–Crippen LogP) is 1.30. The van der Waals surface area contributed by atoms with Gasteiger partial charge in [-0.1, -0.05) is 41.9 Å². The molecule has 0 aromatic heterocycles. The molecule has 0 aliphatic carbocycles. The van der Waals surface area contributed by atoms with Crippen LogP contribution in [-0.2, 0) is 14.4 Å². The molecule has 0 bridgehead atoms. The zero-order chi connectivity index (χ0) is 23.4. The maximum absolute atomic E-state index is 13.3. The summed E-state index contributed by atoms with van der Waals surface area (Å²) in [5, 5.41) is 2.95. The molecule has 1 aliphatic heterocycles. The van der Waals surface area contributed by atoms with Gasteiger partial charge in [0.2, 0.25) is 17.7 Å². The van der Waals surface area contributed by atoms with E-state index in [1.807, 2.05) is 0 Å². The summed E-state index contributed by atoms with van der Waals surface area (Å²) in [7, 11) is 0. The van der Waals surface area contributed by atoms with Gasteiger partial charge in [-0.05, 0) is 30.2 Å². The van der Waals surface area contributed by atoms with Crippen LogP contribution >= 0.6 is 11.6 Å². The Morgan fingerprint density at radius 2 is 1.47 bits per heavy atom. The number of imide groups is 1. The minimum Gasteiger partial charge on any atom is -0.370 e. The van der Waals surface area contributed by atoms with Crippen molar-refractivity contribution in [1.29, 1.82) is 0 Å². The standard InChI is InChI=1S/C22H21ClN4O5/c23-15-8-4-3-7-14(15)16(11-19(25)29)26-20(30)17(9-10-18(24)28)27-21(31)12-5-1-2-6-13(12)22(27)32/h1-8,16-17H,9-11H2,(H2,24,28)(H2,25,29)(H,26,30)/t16-,17?/m1/s1. The fourth-order valence-corrected chi connectivity index (χ4v) is 3.88. The quantitative estimate of drug-likeness (QED) is 0.485. The average Bonchev–Trinajstić information content (AvgIpc) is 2.99. The largest absolute Gasteiger partial charge is 0.370 e. The monoisotopic (exact) mass is 456 g/mol. The summed E-state index contributed by atoms with van der Waals surface area (Å²) in [6.07, 6.45) is -0.684. The van der Waals surface area contributed by atoms with E-state index in [0.717, 1.165) is 4.90 Å². The lowest BCUT2D eigenvalue weighted by atomic mass is 10.0. The Kier molecular flexibility index (Phi) is 6.89. The van der Waals surface area contributed by atoms with E-state index < -0.39 is 41.6 Å². The molecule has 2 aromatic carbocycles. The van der Waals surface area contributed by atoms with E-state index in [0.29, 0.717) is 10.6 Å². The van der Waals surface area contributed by atoms with E-state index in [2.05, 4.69) is 5.32 Å². The molecule has 0 radical (unpaired) electrons. The van der Waals surface area contributed by atoms with Crippen molar-refractivity contribution in [2.45, 2.75) is 31.3 Å². The average molecular weight is 457 g/mol. The molecule has 166 valence electrons. The number of halogens is 1. The molecule has 2 atom stereocenters. The van der Waals surface area contributed by atoms with Gasteiger partial charge >= 0.3 is 0 Å².